The number of imidazole rings is 1. The topological polar surface area (TPSA) is 48.5 Å². The molecule has 0 saturated heterocycles. The highest BCUT2D eigenvalue weighted by Gasteiger charge is 2.26. The largest absolute Gasteiger partial charge is 0.319 e. The molecule has 5 nitrogen and oxygen atoms in total. The molecule has 2 heterocycles. The van der Waals surface area contributed by atoms with E-state index in [9.17, 15) is 8.78 Å². The van der Waals surface area contributed by atoms with E-state index in [1.54, 1.807) is 6.33 Å². The molecule has 96 valence electrons. The molecule has 0 unspecified atom stereocenters. The minimum atomic E-state index is -2.55. The summed E-state index contributed by atoms with van der Waals surface area (Å²) in [5.74, 6) is 0.711. The van der Waals surface area contributed by atoms with Gasteiger partial charge < -0.3 is 4.57 Å². The normalized spacial score (nSPS) is 15.5. The Bertz CT molecular complexity index is 494. The van der Waals surface area contributed by atoms with Gasteiger partial charge in [0.05, 0.1) is 5.75 Å². The Kier molecular flexibility index (Phi) is 3.02. The Morgan fingerprint density at radius 2 is 2.28 bits per heavy atom. The summed E-state index contributed by atoms with van der Waals surface area (Å²) >= 11 is 1.38. The fourth-order valence-corrected chi connectivity index (χ4v) is 2.63. The molecule has 1 aliphatic rings. The van der Waals surface area contributed by atoms with Gasteiger partial charge in [0.25, 0.3) is 0 Å². The van der Waals surface area contributed by atoms with Gasteiger partial charge in [0.1, 0.15) is 12.2 Å². The number of rotatable bonds is 5. The van der Waals surface area contributed by atoms with E-state index in [-0.39, 0.29) is 0 Å². The molecule has 0 aliphatic heterocycles. The number of halogens is 2. The average molecular weight is 271 g/mol. The number of hydrogen-bond acceptors (Lipinski definition) is 4. The minimum Gasteiger partial charge on any atom is -0.306 e. The third-order valence-electron chi connectivity index (χ3n) is 2.77. The standard InChI is InChI=1S/C10H11F2N5S/c11-9(12)16-4-3-13-8(16)5-18-10-15-14-6-17(10)7-1-2-7/h3-4,6-7,9H,1-2,5H2. The van der Waals surface area contributed by atoms with Gasteiger partial charge in [-0.25, -0.2) is 4.98 Å². The lowest BCUT2D eigenvalue weighted by molar-refractivity contribution is 0.0678. The molecule has 1 fully saturated rings. The maximum atomic E-state index is 12.6. The van der Waals surface area contributed by atoms with Gasteiger partial charge in [-0.05, 0) is 12.8 Å². The number of nitrogens with zero attached hydrogens (tertiary/aromatic N) is 5. The highest BCUT2D eigenvalue weighted by atomic mass is 32.2. The molecule has 2 aromatic rings. The molecule has 0 spiro atoms. The van der Waals surface area contributed by atoms with Crippen molar-refractivity contribution < 1.29 is 8.78 Å². The molecule has 1 saturated carbocycles. The van der Waals surface area contributed by atoms with Gasteiger partial charge in [0.2, 0.25) is 0 Å². The third-order valence-corrected chi connectivity index (χ3v) is 3.72. The molecule has 0 radical (unpaired) electrons. The summed E-state index contributed by atoms with van der Waals surface area (Å²) in [6.07, 6.45) is 6.63. The Hall–Kier alpha value is -1.44. The van der Waals surface area contributed by atoms with E-state index in [2.05, 4.69) is 15.2 Å². The Labute approximate surface area is 106 Å². The summed E-state index contributed by atoms with van der Waals surface area (Å²) in [4.78, 5) is 3.93. The van der Waals surface area contributed by atoms with E-state index < -0.39 is 6.55 Å². The third kappa shape index (κ3) is 2.24. The molecule has 2 aromatic heterocycles. The van der Waals surface area contributed by atoms with Crippen molar-refractivity contribution in [1.29, 1.82) is 0 Å². The van der Waals surface area contributed by atoms with Crippen molar-refractivity contribution in [3.8, 4) is 0 Å². The second-order valence-electron chi connectivity index (χ2n) is 4.07. The lowest BCUT2D eigenvalue weighted by atomic mass is 10.7. The summed E-state index contributed by atoms with van der Waals surface area (Å²) in [6.45, 7) is -2.55. The molecule has 18 heavy (non-hydrogen) atoms. The van der Waals surface area contributed by atoms with Crippen molar-refractivity contribution in [3.05, 3.63) is 24.5 Å². The minimum absolute atomic E-state index is 0.348. The van der Waals surface area contributed by atoms with Crippen molar-refractivity contribution in [2.24, 2.45) is 0 Å². The first-order valence-corrected chi connectivity index (χ1v) is 6.56. The van der Waals surface area contributed by atoms with Gasteiger partial charge >= 0.3 is 6.55 Å². The van der Waals surface area contributed by atoms with Crippen molar-refractivity contribution in [3.63, 3.8) is 0 Å². The van der Waals surface area contributed by atoms with E-state index in [1.807, 2.05) is 4.57 Å². The van der Waals surface area contributed by atoms with Gasteiger partial charge in [-0.1, -0.05) is 11.8 Å². The zero-order valence-electron chi connectivity index (χ0n) is 9.41. The summed E-state index contributed by atoms with van der Waals surface area (Å²) in [7, 11) is 0. The lowest BCUT2D eigenvalue weighted by Gasteiger charge is -2.06. The van der Waals surface area contributed by atoms with Crippen LogP contribution >= 0.6 is 11.8 Å². The van der Waals surface area contributed by atoms with E-state index in [1.165, 1.54) is 24.2 Å². The zero-order valence-corrected chi connectivity index (χ0v) is 10.2. The first kappa shape index (κ1) is 11.6. The predicted molar refractivity (Wildman–Crippen MR) is 61.3 cm³/mol. The molecule has 1 aliphatic carbocycles. The van der Waals surface area contributed by atoms with Crippen LogP contribution in [0.2, 0.25) is 0 Å². The summed E-state index contributed by atoms with van der Waals surface area (Å²) < 4.78 is 28.1. The van der Waals surface area contributed by atoms with Crippen LogP contribution in [0.25, 0.3) is 0 Å². The van der Waals surface area contributed by atoms with E-state index in [0.717, 1.165) is 22.6 Å². The predicted octanol–water partition coefficient (Wildman–Crippen LogP) is 2.50. The van der Waals surface area contributed by atoms with Crippen LogP contribution < -0.4 is 0 Å². The van der Waals surface area contributed by atoms with Crippen LogP contribution in [0.5, 0.6) is 0 Å². The maximum Gasteiger partial charge on any atom is 0.319 e. The van der Waals surface area contributed by atoms with Crippen molar-refractivity contribution >= 4 is 11.8 Å². The molecule has 0 bridgehead atoms. The highest BCUT2D eigenvalue weighted by Crippen LogP contribution is 2.37. The number of alkyl halides is 2. The molecular formula is C10H11F2N5S. The second kappa shape index (κ2) is 4.68. The monoisotopic (exact) mass is 271 g/mol. The zero-order chi connectivity index (χ0) is 12.5. The van der Waals surface area contributed by atoms with Gasteiger partial charge in [-0.2, -0.15) is 8.78 Å². The van der Waals surface area contributed by atoms with Crippen molar-refractivity contribution in [2.45, 2.75) is 36.3 Å². The first-order chi connectivity index (χ1) is 8.75. The van der Waals surface area contributed by atoms with Gasteiger partial charge in [0, 0.05) is 18.4 Å². The first-order valence-electron chi connectivity index (χ1n) is 5.58. The molecule has 0 N–H and O–H groups in total. The fraction of sp³-hybridized carbons (Fsp3) is 0.500. The molecule has 3 rings (SSSR count). The Balaban J connectivity index is 1.70. The number of hydrogen-bond donors (Lipinski definition) is 0. The molecular weight excluding hydrogens is 260 g/mol. The number of aromatic nitrogens is 5. The van der Waals surface area contributed by atoms with E-state index in [4.69, 9.17) is 0 Å². The summed E-state index contributed by atoms with van der Waals surface area (Å²) in [5.41, 5.74) is 0. The van der Waals surface area contributed by atoms with Crippen LogP contribution in [-0.4, -0.2) is 24.3 Å². The Morgan fingerprint density at radius 1 is 1.44 bits per heavy atom. The van der Waals surface area contributed by atoms with Crippen molar-refractivity contribution in [1.82, 2.24) is 24.3 Å². The van der Waals surface area contributed by atoms with E-state index in [0.29, 0.717) is 17.6 Å². The van der Waals surface area contributed by atoms with Crippen LogP contribution in [0.3, 0.4) is 0 Å². The SMILES string of the molecule is FC(F)n1ccnc1CSc1nncn1C1CC1. The summed E-state index contributed by atoms with van der Waals surface area (Å²) in [6, 6.07) is 0.484. The van der Waals surface area contributed by atoms with Crippen LogP contribution in [0.15, 0.2) is 23.9 Å². The Morgan fingerprint density at radius 3 is 3.00 bits per heavy atom. The van der Waals surface area contributed by atoms with Crippen molar-refractivity contribution in [2.75, 3.05) is 0 Å². The van der Waals surface area contributed by atoms with Gasteiger partial charge in [0.15, 0.2) is 5.16 Å². The maximum absolute atomic E-state index is 12.6. The fourth-order valence-electron chi connectivity index (χ4n) is 1.70. The molecule has 8 heteroatoms. The van der Waals surface area contributed by atoms with Gasteiger partial charge in [-0.15, -0.1) is 10.2 Å². The second-order valence-corrected chi connectivity index (χ2v) is 5.01. The lowest BCUT2D eigenvalue weighted by Crippen LogP contribution is -2.03. The van der Waals surface area contributed by atoms with Crippen LogP contribution in [-0.2, 0) is 5.75 Å². The molecule has 0 aromatic carbocycles. The van der Waals surface area contributed by atoms with Crippen LogP contribution in [0.1, 0.15) is 31.3 Å². The molecule has 0 amide bonds. The van der Waals surface area contributed by atoms with E-state index >= 15 is 0 Å². The quantitative estimate of drug-likeness (QED) is 0.784. The highest BCUT2D eigenvalue weighted by molar-refractivity contribution is 7.98. The summed E-state index contributed by atoms with van der Waals surface area (Å²) in [5, 5.41) is 8.63. The smallest absolute Gasteiger partial charge is 0.306 e. The van der Waals surface area contributed by atoms with Gasteiger partial charge in [-0.3, -0.25) is 4.57 Å². The number of thioether (sulfide) groups is 1. The van der Waals surface area contributed by atoms with Crippen LogP contribution in [0, 0.1) is 0 Å². The molecule has 0 atom stereocenters. The van der Waals surface area contributed by atoms with Crippen LogP contribution in [0.4, 0.5) is 8.78 Å². The average Bonchev–Trinajstić information content (AvgIpc) is 2.92.